The third-order valence-electron chi connectivity index (χ3n) is 3.68. The van der Waals surface area contributed by atoms with Crippen molar-refractivity contribution in [1.82, 2.24) is 10.6 Å². The van der Waals surface area contributed by atoms with E-state index in [0.29, 0.717) is 36.0 Å². The van der Waals surface area contributed by atoms with Crippen molar-refractivity contribution in [3.8, 4) is 23.0 Å². The van der Waals surface area contributed by atoms with E-state index in [1.54, 1.807) is 33.5 Å². The quantitative estimate of drug-likeness (QED) is 0.672. The van der Waals surface area contributed by atoms with Crippen LogP contribution in [0.2, 0.25) is 0 Å². The Bertz CT molecular complexity index is 721. The number of hydrogen-bond donors (Lipinski definition) is 2. The number of para-hydroxylation sites is 2. The number of carbonyl (C=O) groups excluding carboxylic acids is 1. The molecular formula is C19H24N2O5. The van der Waals surface area contributed by atoms with E-state index >= 15 is 0 Å². The molecule has 2 aromatic carbocycles. The molecule has 0 aliphatic rings. The minimum atomic E-state index is -0.305. The zero-order valence-corrected chi connectivity index (χ0v) is 15.2. The molecule has 2 rings (SSSR count). The molecule has 7 nitrogen and oxygen atoms in total. The van der Waals surface area contributed by atoms with Crippen LogP contribution in [0.4, 0.5) is 4.79 Å². The van der Waals surface area contributed by atoms with Crippen molar-refractivity contribution in [1.29, 1.82) is 0 Å². The highest BCUT2D eigenvalue weighted by Gasteiger charge is 2.06. The molecule has 0 heterocycles. The Morgan fingerprint density at radius 3 is 2.19 bits per heavy atom. The standard InChI is InChI=1S/C19H24N2O5/c1-23-15-6-4-5-7-17(15)26-13-21-19(22)20-11-10-14-8-9-16(24-2)18(12-14)25-3/h4-9,12H,10-11,13H2,1-3H3,(H2,20,21,22). The summed E-state index contributed by atoms with van der Waals surface area (Å²) < 4.78 is 21.1. The normalized spacial score (nSPS) is 9.96. The number of hydrogen-bond acceptors (Lipinski definition) is 5. The Kier molecular flexibility index (Phi) is 7.42. The van der Waals surface area contributed by atoms with Crippen LogP contribution in [-0.2, 0) is 6.42 Å². The number of rotatable bonds is 9. The third-order valence-corrected chi connectivity index (χ3v) is 3.68. The molecule has 0 bridgehead atoms. The molecule has 0 aliphatic heterocycles. The van der Waals surface area contributed by atoms with Crippen LogP contribution >= 0.6 is 0 Å². The van der Waals surface area contributed by atoms with Gasteiger partial charge < -0.3 is 29.6 Å². The highest BCUT2D eigenvalue weighted by molar-refractivity contribution is 5.73. The summed E-state index contributed by atoms with van der Waals surface area (Å²) in [5.74, 6) is 2.53. The van der Waals surface area contributed by atoms with E-state index in [9.17, 15) is 4.79 Å². The van der Waals surface area contributed by atoms with Gasteiger partial charge in [-0.1, -0.05) is 18.2 Å². The van der Waals surface area contributed by atoms with Gasteiger partial charge in [0.2, 0.25) is 0 Å². The van der Waals surface area contributed by atoms with E-state index in [0.717, 1.165) is 5.56 Å². The molecule has 0 unspecified atom stereocenters. The monoisotopic (exact) mass is 360 g/mol. The highest BCUT2D eigenvalue weighted by atomic mass is 16.5. The second kappa shape index (κ2) is 10.0. The Hall–Kier alpha value is -3.09. The fraction of sp³-hybridized carbons (Fsp3) is 0.316. The zero-order valence-electron chi connectivity index (χ0n) is 15.2. The molecule has 140 valence electrons. The summed E-state index contributed by atoms with van der Waals surface area (Å²) in [7, 11) is 4.75. The predicted molar refractivity (Wildman–Crippen MR) is 98.3 cm³/mol. The average molecular weight is 360 g/mol. The van der Waals surface area contributed by atoms with Crippen molar-refractivity contribution in [3.63, 3.8) is 0 Å². The van der Waals surface area contributed by atoms with Crippen LogP contribution in [0.15, 0.2) is 42.5 Å². The minimum Gasteiger partial charge on any atom is -0.493 e. The maximum Gasteiger partial charge on any atom is 0.317 e. The van der Waals surface area contributed by atoms with Crippen molar-refractivity contribution in [2.45, 2.75) is 6.42 Å². The van der Waals surface area contributed by atoms with Gasteiger partial charge in [0.25, 0.3) is 0 Å². The molecular weight excluding hydrogens is 336 g/mol. The van der Waals surface area contributed by atoms with Crippen molar-refractivity contribution < 1.29 is 23.7 Å². The second-order valence-electron chi connectivity index (χ2n) is 5.31. The molecule has 2 N–H and O–H groups in total. The maximum absolute atomic E-state index is 11.8. The summed E-state index contributed by atoms with van der Waals surface area (Å²) in [6, 6.07) is 12.6. The van der Waals surface area contributed by atoms with E-state index in [2.05, 4.69) is 10.6 Å². The first kappa shape index (κ1) is 19.2. The first-order valence-electron chi connectivity index (χ1n) is 8.16. The van der Waals surface area contributed by atoms with Gasteiger partial charge in [-0.2, -0.15) is 0 Å². The van der Waals surface area contributed by atoms with Gasteiger partial charge in [0.05, 0.1) is 21.3 Å². The van der Waals surface area contributed by atoms with Gasteiger partial charge in [-0.3, -0.25) is 0 Å². The smallest absolute Gasteiger partial charge is 0.317 e. The zero-order chi connectivity index (χ0) is 18.8. The summed E-state index contributed by atoms with van der Waals surface area (Å²) in [6.45, 7) is 0.526. The summed E-state index contributed by atoms with van der Waals surface area (Å²) in [5.41, 5.74) is 1.04. The Balaban J connectivity index is 1.72. The molecule has 2 amide bonds. The number of nitrogens with one attached hydrogen (secondary N) is 2. The first-order valence-corrected chi connectivity index (χ1v) is 8.16. The number of urea groups is 1. The molecule has 0 saturated carbocycles. The Labute approximate surface area is 153 Å². The SMILES string of the molecule is COc1ccc(CCNC(=O)NCOc2ccccc2OC)cc1OC. The molecule has 7 heteroatoms. The average Bonchev–Trinajstić information content (AvgIpc) is 2.68. The van der Waals surface area contributed by atoms with Crippen LogP contribution in [0.25, 0.3) is 0 Å². The maximum atomic E-state index is 11.8. The van der Waals surface area contributed by atoms with Crippen molar-refractivity contribution >= 4 is 6.03 Å². The number of carbonyl (C=O) groups is 1. The van der Waals surface area contributed by atoms with E-state index in [1.165, 1.54) is 0 Å². The fourth-order valence-corrected chi connectivity index (χ4v) is 2.34. The van der Waals surface area contributed by atoms with Crippen molar-refractivity contribution in [3.05, 3.63) is 48.0 Å². The lowest BCUT2D eigenvalue weighted by Gasteiger charge is -2.12. The van der Waals surface area contributed by atoms with Crippen LogP contribution in [-0.4, -0.2) is 40.6 Å². The summed E-state index contributed by atoms with van der Waals surface area (Å²) in [4.78, 5) is 11.8. The number of benzene rings is 2. The molecule has 0 aromatic heterocycles. The number of amides is 2. The van der Waals surface area contributed by atoms with Gasteiger partial charge in [0.1, 0.15) is 0 Å². The van der Waals surface area contributed by atoms with E-state index in [1.807, 2.05) is 30.3 Å². The number of methoxy groups -OCH3 is 3. The summed E-state index contributed by atoms with van der Waals surface area (Å²) >= 11 is 0. The van der Waals surface area contributed by atoms with Crippen molar-refractivity contribution in [2.24, 2.45) is 0 Å². The van der Waals surface area contributed by atoms with E-state index < -0.39 is 0 Å². The Morgan fingerprint density at radius 1 is 0.846 bits per heavy atom. The third kappa shape index (κ3) is 5.47. The van der Waals surface area contributed by atoms with Gasteiger partial charge in [-0.25, -0.2) is 4.79 Å². The van der Waals surface area contributed by atoms with Gasteiger partial charge in [0, 0.05) is 6.54 Å². The lowest BCUT2D eigenvalue weighted by atomic mass is 10.1. The van der Waals surface area contributed by atoms with Crippen LogP contribution in [0.1, 0.15) is 5.56 Å². The van der Waals surface area contributed by atoms with Gasteiger partial charge >= 0.3 is 6.03 Å². The van der Waals surface area contributed by atoms with Crippen LogP contribution in [0.5, 0.6) is 23.0 Å². The second-order valence-corrected chi connectivity index (χ2v) is 5.31. The Morgan fingerprint density at radius 2 is 1.50 bits per heavy atom. The van der Waals surface area contributed by atoms with Crippen LogP contribution < -0.4 is 29.6 Å². The van der Waals surface area contributed by atoms with Gasteiger partial charge in [-0.15, -0.1) is 0 Å². The molecule has 0 saturated heterocycles. The molecule has 0 aliphatic carbocycles. The van der Waals surface area contributed by atoms with Gasteiger partial charge in [0.15, 0.2) is 29.7 Å². The predicted octanol–water partition coefficient (Wildman–Crippen LogP) is 2.59. The molecule has 0 atom stereocenters. The van der Waals surface area contributed by atoms with Crippen molar-refractivity contribution in [2.75, 3.05) is 34.6 Å². The molecule has 2 aromatic rings. The van der Waals surface area contributed by atoms with Gasteiger partial charge in [-0.05, 0) is 36.2 Å². The van der Waals surface area contributed by atoms with E-state index in [-0.39, 0.29) is 12.8 Å². The molecule has 26 heavy (non-hydrogen) atoms. The first-order chi connectivity index (χ1) is 12.7. The fourth-order valence-electron chi connectivity index (χ4n) is 2.34. The minimum absolute atomic E-state index is 0.0442. The molecule has 0 radical (unpaired) electrons. The van der Waals surface area contributed by atoms with E-state index in [4.69, 9.17) is 18.9 Å². The highest BCUT2D eigenvalue weighted by Crippen LogP contribution is 2.27. The molecule has 0 spiro atoms. The largest absolute Gasteiger partial charge is 0.493 e. The summed E-state index contributed by atoms with van der Waals surface area (Å²) in [5, 5.41) is 5.42. The number of ether oxygens (including phenoxy) is 4. The lowest BCUT2D eigenvalue weighted by molar-refractivity contribution is 0.221. The van der Waals surface area contributed by atoms with Crippen LogP contribution in [0.3, 0.4) is 0 Å². The van der Waals surface area contributed by atoms with Crippen LogP contribution in [0, 0.1) is 0 Å². The summed E-state index contributed by atoms with van der Waals surface area (Å²) in [6.07, 6.45) is 0.668. The topological polar surface area (TPSA) is 78.1 Å². The lowest BCUT2D eigenvalue weighted by Crippen LogP contribution is -2.38. The molecule has 0 fully saturated rings.